The van der Waals surface area contributed by atoms with Gasteiger partial charge in [-0.2, -0.15) is 0 Å². The molecular formula is C21H21N5O4S. The minimum atomic E-state index is -3.22. The highest BCUT2D eigenvalue weighted by molar-refractivity contribution is 7.93. The molecule has 0 atom stereocenters. The molecule has 4 rings (SSSR count). The van der Waals surface area contributed by atoms with Crippen molar-refractivity contribution in [3.05, 3.63) is 76.0 Å². The van der Waals surface area contributed by atoms with Gasteiger partial charge in [-0.1, -0.05) is 12.1 Å². The first-order chi connectivity index (χ1) is 14.8. The summed E-state index contributed by atoms with van der Waals surface area (Å²) in [7, 11) is -3.22. The number of aryl methyl sites for hydroxylation is 1. The molecule has 1 fully saturated rings. The summed E-state index contributed by atoms with van der Waals surface area (Å²) in [6.07, 6.45) is 0.635. The summed E-state index contributed by atoms with van der Waals surface area (Å²) in [5.74, 6) is 1.26. The van der Waals surface area contributed by atoms with Crippen molar-refractivity contribution < 1.29 is 13.3 Å². The number of rotatable bonds is 6. The minimum Gasteiger partial charge on any atom is -0.366 e. The molecule has 0 saturated carbocycles. The average molecular weight is 439 g/mol. The monoisotopic (exact) mass is 439 g/mol. The standard InChI is InChI=1S/C21H21N5O4S/c1-15-12-20(24-21(23-15)17-6-8-18(9-7-17)26(27)28)22-14-16-4-2-5-19(13-16)25-10-3-11-31(25,29)30/h2,4-9,12-13H,3,10-11,14H2,1H3,(H,22,23,24). The van der Waals surface area contributed by atoms with Gasteiger partial charge in [0.25, 0.3) is 5.69 Å². The molecule has 0 amide bonds. The molecule has 0 radical (unpaired) electrons. The topological polar surface area (TPSA) is 118 Å². The van der Waals surface area contributed by atoms with Crippen molar-refractivity contribution in [1.82, 2.24) is 9.97 Å². The number of hydrogen-bond donors (Lipinski definition) is 1. The van der Waals surface area contributed by atoms with Crippen LogP contribution in [0.4, 0.5) is 17.2 Å². The van der Waals surface area contributed by atoms with E-state index in [2.05, 4.69) is 15.3 Å². The van der Waals surface area contributed by atoms with Gasteiger partial charge in [-0.05, 0) is 43.2 Å². The fourth-order valence-corrected chi connectivity index (χ4v) is 5.02. The molecule has 3 aromatic rings. The first-order valence-electron chi connectivity index (χ1n) is 9.75. The lowest BCUT2D eigenvalue weighted by molar-refractivity contribution is -0.384. The molecule has 160 valence electrons. The Bertz CT molecular complexity index is 1230. The average Bonchev–Trinajstić information content (AvgIpc) is 3.11. The molecule has 31 heavy (non-hydrogen) atoms. The van der Waals surface area contributed by atoms with Crippen LogP contribution in [0, 0.1) is 17.0 Å². The number of benzene rings is 2. The molecule has 10 heteroatoms. The lowest BCUT2D eigenvalue weighted by atomic mass is 10.2. The second-order valence-electron chi connectivity index (χ2n) is 7.29. The Balaban J connectivity index is 1.52. The molecule has 0 aliphatic carbocycles. The molecule has 1 aromatic heterocycles. The molecule has 1 aliphatic rings. The van der Waals surface area contributed by atoms with Gasteiger partial charge in [-0.15, -0.1) is 0 Å². The molecule has 0 bridgehead atoms. The van der Waals surface area contributed by atoms with E-state index in [0.29, 0.717) is 42.4 Å². The summed E-state index contributed by atoms with van der Waals surface area (Å²) >= 11 is 0. The number of sulfonamides is 1. The zero-order valence-electron chi connectivity index (χ0n) is 16.9. The van der Waals surface area contributed by atoms with E-state index in [1.54, 1.807) is 18.2 Å². The maximum Gasteiger partial charge on any atom is 0.269 e. The van der Waals surface area contributed by atoms with Gasteiger partial charge < -0.3 is 5.32 Å². The summed E-state index contributed by atoms with van der Waals surface area (Å²) in [4.78, 5) is 19.3. The molecule has 1 N–H and O–H groups in total. The van der Waals surface area contributed by atoms with Crippen molar-refractivity contribution in [1.29, 1.82) is 0 Å². The fourth-order valence-electron chi connectivity index (χ4n) is 3.46. The maximum absolute atomic E-state index is 12.2. The van der Waals surface area contributed by atoms with Gasteiger partial charge in [-0.25, -0.2) is 18.4 Å². The number of nitro benzene ring substituents is 1. The molecule has 1 saturated heterocycles. The van der Waals surface area contributed by atoms with Crippen LogP contribution >= 0.6 is 0 Å². The Hall–Kier alpha value is -3.53. The first-order valence-corrected chi connectivity index (χ1v) is 11.4. The van der Waals surface area contributed by atoms with Gasteiger partial charge in [-0.3, -0.25) is 14.4 Å². The summed E-state index contributed by atoms with van der Waals surface area (Å²) in [6, 6.07) is 15.3. The SMILES string of the molecule is Cc1cc(NCc2cccc(N3CCCS3(=O)=O)c2)nc(-c2ccc([N+](=O)[O-])cc2)n1. The number of nitrogens with zero attached hydrogens (tertiary/aromatic N) is 4. The Morgan fingerprint density at radius 3 is 2.58 bits per heavy atom. The summed E-state index contributed by atoms with van der Waals surface area (Å²) < 4.78 is 25.8. The summed E-state index contributed by atoms with van der Waals surface area (Å²) in [6.45, 7) is 2.81. The second-order valence-corrected chi connectivity index (χ2v) is 9.30. The van der Waals surface area contributed by atoms with Crippen molar-refractivity contribution in [3.63, 3.8) is 0 Å². The first kappa shape index (κ1) is 20.7. The van der Waals surface area contributed by atoms with Crippen LogP contribution in [0.3, 0.4) is 0 Å². The van der Waals surface area contributed by atoms with E-state index in [4.69, 9.17) is 0 Å². The van der Waals surface area contributed by atoms with E-state index in [0.717, 1.165) is 11.3 Å². The minimum absolute atomic E-state index is 0.00894. The van der Waals surface area contributed by atoms with Crippen molar-refractivity contribution in [3.8, 4) is 11.4 Å². The normalized spacial score (nSPS) is 15.1. The van der Waals surface area contributed by atoms with Gasteiger partial charge in [0.05, 0.1) is 16.4 Å². The molecule has 1 aliphatic heterocycles. The van der Waals surface area contributed by atoms with Crippen LogP contribution in [0.1, 0.15) is 17.7 Å². The lowest BCUT2D eigenvalue weighted by Gasteiger charge is -2.18. The van der Waals surface area contributed by atoms with Crippen LogP contribution in [0.25, 0.3) is 11.4 Å². The molecule has 9 nitrogen and oxygen atoms in total. The highest BCUT2D eigenvalue weighted by Crippen LogP contribution is 2.25. The fraction of sp³-hybridized carbons (Fsp3) is 0.238. The van der Waals surface area contributed by atoms with Crippen molar-refractivity contribution in [2.75, 3.05) is 21.9 Å². The zero-order chi connectivity index (χ0) is 22.0. The van der Waals surface area contributed by atoms with Crippen LogP contribution in [0.2, 0.25) is 0 Å². The van der Waals surface area contributed by atoms with Crippen molar-refractivity contribution >= 4 is 27.2 Å². The molecule has 2 aromatic carbocycles. The Morgan fingerprint density at radius 2 is 1.90 bits per heavy atom. The zero-order valence-corrected chi connectivity index (χ0v) is 17.7. The quantitative estimate of drug-likeness (QED) is 0.461. The number of anilines is 2. The van der Waals surface area contributed by atoms with Gasteiger partial charge in [0.2, 0.25) is 10.0 Å². The highest BCUT2D eigenvalue weighted by Gasteiger charge is 2.28. The van der Waals surface area contributed by atoms with Crippen molar-refractivity contribution in [2.24, 2.45) is 0 Å². The van der Waals surface area contributed by atoms with Gasteiger partial charge in [0.15, 0.2) is 5.82 Å². The van der Waals surface area contributed by atoms with E-state index in [9.17, 15) is 18.5 Å². The maximum atomic E-state index is 12.2. The smallest absolute Gasteiger partial charge is 0.269 e. The summed E-state index contributed by atoms with van der Waals surface area (Å²) in [5, 5.41) is 14.1. The predicted octanol–water partition coefficient (Wildman–Crippen LogP) is 3.51. The van der Waals surface area contributed by atoms with Gasteiger partial charge >= 0.3 is 0 Å². The summed E-state index contributed by atoms with van der Waals surface area (Å²) in [5.41, 5.74) is 3.03. The molecular weight excluding hydrogens is 418 g/mol. The van der Waals surface area contributed by atoms with Gasteiger partial charge in [0.1, 0.15) is 5.82 Å². The predicted molar refractivity (Wildman–Crippen MR) is 118 cm³/mol. The molecule has 2 heterocycles. The number of aromatic nitrogens is 2. The largest absolute Gasteiger partial charge is 0.366 e. The lowest BCUT2D eigenvalue weighted by Crippen LogP contribution is -2.25. The number of nitrogens with one attached hydrogen (secondary N) is 1. The number of non-ortho nitro benzene ring substituents is 1. The Morgan fingerprint density at radius 1 is 1.13 bits per heavy atom. The Kier molecular flexibility index (Phi) is 5.55. The van der Waals surface area contributed by atoms with Crippen LogP contribution in [0.5, 0.6) is 0 Å². The van der Waals surface area contributed by atoms with Crippen LogP contribution in [-0.2, 0) is 16.6 Å². The molecule has 0 unspecified atom stereocenters. The second kappa shape index (κ2) is 8.31. The van der Waals surface area contributed by atoms with Crippen molar-refractivity contribution in [2.45, 2.75) is 19.9 Å². The van der Waals surface area contributed by atoms with E-state index in [1.807, 2.05) is 31.2 Å². The number of nitro groups is 1. The number of hydrogen-bond acceptors (Lipinski definition) is 7. The molecule has 0 spiro atoms. The van der Waals surface area contributed by atoms with E-state index >= 15 is 0 Å². The Labute approximate surface area is 180 Å². The van der Waals surface area contributed by atoms with Crippen LogP contribution in [-0.4, -0.2) is 35.6 Å². The van der Waals surface area contributed by atoms with E-state index in [1.165, 1.54) is 16.4 Å². The van der Waals surface area contributed by atoms with E-state index in [-0.39, 0.29) is 11.4 Å². The highest BCUT2D eigenvalue weighted by atomic mass is 32.2. The third kappa shape index (κ3) is 4.64. The van der Waals surface area contributed by atoms with E-state index < -0.39 is 14.9 Å². The third-order valence-corrected chi connectivity index (χ3v) is 6.83. The van der Waals surface area contributed by atoms with Gasteiger partial charge in [0, 0.05) is 42.5 Å². The third-order valence-electron chi connectivity index (χ3n) is 4.96. The van der Waals surface area contributed by atoms with Crippen LogP contribution in [0.15, 0.2) is 54.6 Å². The van der Waals surface area contributed by atoms with Crippen LogP contribution < -0.4 is 9.62 Å².